The summed E-state index contributed by atoms with van der Waals surface area (Å²) >= 11 is 3.08. The summed E-state index contributed by atoms with van der Waals surface area (Å²) in [5.74, 6) is -2.77. The third kappa shape index (κ3) is 4.04. The quantitative estimate of drug-likeness (QED) is 0.809. The zero-order valence-corrected chi connectivity index (χ0v) is 15.4. The summed E-state index contributed by atoms with van der Waals surface area (Å²) in [7, 11) is 0. The number of halogens is 2. The van der Waals surface area contributed by atoms with Gasteiger partial charge in [-0.05, 0) is 39.2 Å². The molecule has 0 saturated carbocycles. The van der Waals surface area contributed by atoms with Crippen molar-refractivity contribution in [3.8, 4) is 0 Å². The van der Waals surface area contributed by atoms with Gasteiger partial charge in [0.05, 0.1) is 10.4 Å². The Kier molecular flexibility index (Phi) is 5.56. The van der Waals surface area contributed by atoms with Crippen molar-refractivity contribution in [2.75, 3.05) is 13.1 Å². The normalized spacial score (nSPS) is 19.4. The molecule has 1 fully saturated rings. The summed E-state index contributed by atoms with van der Waals surface area (Å²) in [4.78, 5) is 25.3. The van der Waals surface area contributed by atoms with Crippen LogP contribution >= 0.6 is 15.9 Å². The number of carbonyl (C=O) groups is 2. The first-order chi connectivity index (χ1) is 12.5. The SMILES string of the molecule is O=C(O)C1CN(C(=O)OCc2ccccc2)CC1c1ccc(Br)c(F)c1. The molecule has 1 aliphatic heterocycles. The molecule has 2 aromatic rings. The number of carboxylic acid groups (broad SMARTS) is 1. The maximum atomic E-state index is 13.8. The predicted molar refractivity (Wildman–Crippen MR) is 96.2 cm³/mol. The van der Waals surface area contributed by atoms with Crippen molar-refractivity contribution in [2.45, 2.75) is 12.5 Å². The average molecular weight is 422 g/mol. The van der Waals surface area contributed by atoms with Gasteiger partial charge in [0.1, 0.15) is 12.4 Å². The smallest absolute Gasteiger partial charge is 0.410 e. The van der Waals surface area contributed by atoms with Crippen LogP contribution < -0.4 is 0 Å². The third-order valence-electron chi connectivity index (χ3n) is 4.47. The minimum absolute atomic E-state index is 0.0330. The van der Waals surface area contributed by atoms with Gasteiger partial charge in [0.15, 0.2) is 0 Å². The van der Waals surface area contributed by atoms with E-state index in [1.165, 1.54) is 11.0 Å². The van der Waals surface area contributed by atoms with Gasteiger partial charge in [-0.1, -0.05) is 36.4 Å². The Bertz CT molecular complexity index is 814. The Labute approximate surface area is 158 Å². The van der Waals surface area contributed by atoms with Gasteiger partial charge in [0.2, 0.25) is 0 Å². The Hall–Kier alpha value is -2.41. The topological polar surface area (TPSA) is 66.8 Å². The monoisotopic (exact) mass is 421 g/mol. The van der Waals surface area contributed by atoms with Crippen LogP contribution in [0, 0.1) is 11.7 Å². The van der Waals surface area contributed by atoms with E-state index in [9.17, 15) is 19.1 Å². The number of ether oxygens (including phenoxy) is 1. The first kappa shape index (κ1) is 18.4. The zero-order chi connectivity index (χ0) is 18.7. The number of hydrogen-bond acceptors (Lipinski definition) is 3. The van der Waals surface area contributed by atoms with Crippen LogP contribution in [0.15, 0.2) is 53.0 Å². The van der Waals surface area contributed by atoms with E-state index in [-0.39, 0.29) is 19.7 Å². The van der Waals surface area contributed by atoms with Crippen molar-refractivity contribution >= 4 is 28.0 Å². The number of nitrogens with zero attached hydrogens (tertiary/aromatic N) is 1. The second-order valence-corrected chi connectivity index (χ2v) is 7.02. The van der Waals surface area contributed by atoms with Gasteiger partial charge in [-0.2, -0.15) is 0 Å². The number of likely N-dealkylation sites (tertiary alicyclic amines) is 1. The number of rotatable bonds is 4. The highest BCUT2D eigenvalue weighted by atomic mass is 79.9. The Morgan fingerprint density at radius 3 is 2.58 bits per heavy atom. The van der Waals surface area contributed by atoms with E-state index in [1.807, 2.05) is 30.3 Å². The van der Waals surface area contributed by atoms with Gasteiger partial charge >= 0.3 is 12.1 Å². The maximum Gasteiger partial charge on any atom is 0.410 e. The van der Waals surface area contributed by atoms with Crippen LogP contribution in [0.25, 0.3) is 0 Å². The Morgan fingerprint density at radius 1 is 1.19 bits per heavy atom. The highest BCUT2D eigenvalue weighted by molar-refractivity contribution is 9.10. The molecule has 0 spiro atoms. The van der Waals surface area contributed by atoms with Gasteiger partial charge < -0.3 is 14.7 Å². The maximum absolute atomic E-state index is 13.8. The van der Waals surface area contributed by atoms with Gasteiger partial charge in [0, 0.05) is 19.0 Å². The summed E-state index contributed by atoms with van der Waals surface area (Å²) in [6.45, 7) is 0.322. The summed E-state index contributed by atoms with van der Waals surface area (Å²) in [6.07, 6.45) is -0.569. The van der Waals surface area contributed by atoms with Gasteiger partial charge in [-0.15, -0.1) is 0 Å². The molecule has 7 heteroatoms. The molecule has 1 N–H and O–H groups in total. The van der Waals surface area contributed by atoms with Gasteiger partial charge in [-0.25, -0.2) is 9.18 Å². The summed E-state index contributed by atoms with van der Waals surface area (Å²) in [5.41, 5.74) is 1.40. The molecule has 0 radical (unpaired) electrons. The minimum atomic E-state index is -1.02. The van der Waals surface area contributed by atoms with E-state index < -0.39 is 29.7 Å². The molecular formula is C19H17BrFNO4. The first-order valence-corrected chi connectivity index (χ1v) is 8.88. The van der Waals surface area contributed by atoms with Gasteiger partial charge in [0.25, 0.3) is 0 Å². The van der Waals surface area contributed by atoms with Crippen LogP contribution in [0.1, 0.15) is 17.0 Å². The number of carboxylic acids is 1. The molecule has 1 amide bonds. The fourth-order valence-electron chi connectivity index (χ4n) is 3.09. The van der Waals surface area contributed by atoms with Crippen molar-refractivity contribution in [3.63, 3.8) is 0 Å². The second kappa shape index (κ2) is 7.86. The van der Waals surface area contributed by atoms with E-state index in [4.69, 9.17) is 4.74 Å². The molecule has 3 rings (SSSR count). The van der Waals surface area contributed by atoms with Crippen molar-refractivity contribution in [1.82, 2.24) is 4.90 Å². The second-order valence-electron chi connectivity index (χ2n) is 6.17. The predicted octanol–water partition coefficient (Wildman–Crippen LogP) is 4.03. The molecule has 2 unspecified atom stereocenters. The van der Waals surface area contributed by atoms with E-state index in [1.54, 1.807) is 12.1 Å². The van der Waals surface area contributed by atoms with E-state index in [0.29, 0.717) is 10.0 Å². The Morgan fingerprint density at radius 2 is 1.92 bits per heavy atom. The highest BCUT2D eigenvalue weighted by Crippen LogP contribution is 2.34. The largest absolute Gasteiger partial charge is 0.481 e. The van der Waals surface area contributed by atoms with Crippen LogP contribution in [-0.4, -0.2) is 35.2 Å². The summed E-state index contributed by atoms with van der Waals surface area (Å²) in [5, 5.41) is 9.49. The average Bonchev–Trinajstić information content (AvgIpc) is 3.09. The van der Waals surface area contributed by atoms with Crippen molar-refractivity contribution in [2.24, 2.45) is 5.92 Å². The van der Waals surface area contributed by atoms with Crippen molar-refractivity contribution in [1.29, 1.82) is 0 Å². The molecule has 0 aliphatic carbocycles. The minimum Gasteiger partial charge on any atom is -0.481 e. The van der Waals surface area contributed by atoms with E-state index >= 15 is 0 Å². The number of hydrogen-bond donors (Lipinski definition) is 1. The number of carbonyl (C=O) groups excluding carboxylic acids is 1. The lowest BCUT2D eigenvalue weighted by atomic mass is 9.89. The zero-order valence-electron chi connectivity index (χ0n) is 13.8. The van der Waals surface area contributed by atoms with Crippen molar-refractivity contribution < 1.29 is 23.8 Å². The molecule has 2 atom stereocenters. The fourth-order valence-corrected chi connectivity index (χ4v) is 3.34. The third-order valence-corrected chi connectivity index (χ3v) is 5.12. The molecule has 0 bridgehead atoms. The summed E-state index contributed by atoms with van der Waals surface area (Å²) < 4.78 is 19.4. The van der Waals surface area contributed by atoms with Crippen LogP contribution in [0.3, 0.4) is 0 Å². The molecule has 5 nitrogen and oxygen atoms in total. The lowest BCUT2D eigenvalue weighted by molar-refractivity contribution is -0.141. The summed E-state index contributed by atoms with van der Waals surface area (Å²) in [6, 6.07) is 13.8. The van der Waals surface area contributed by atoms with Crippen LogP contribution in [0.4, 0.5) is 9.18 Å². The van der Waals surface area contributed by atoms with Crippen LogP contribution in [-0.2, 0) is 16.1 Å². The fraction of sp³-hybridized carbons (Fsp3) is 0.263. The Balaban J connectivity index is 1.71. The van der Waals surface area contributed by atoms with Crippen LogP contribution in [0.2, 0.25) is 0 Å². The number of aliphatic carboxylic acids is 1. The lowest BCUT2D eigenvalue weighted by Gasteiger charge is -2.16. The standard InChI is InChI=1S/C19H17BrFNO4/c20-16-7-6-13(8-17(16)21)14-9-22(10-15(14)18(23)24)19(25)26-11-12-4-2-1-3-5-12/h1-8,14-15H,9-11H2,(H,23,24). The molecule has 136 valence electrons. The van der Waals surface area contributed by atoms with Crippen molar-refractivity contribution in [3.05, 3.63) is 69.9 Å². The number of benzene rings is 2. The molecule has 1 saturated heterocycles. The first-order valence-electron chi connectivity index (χ1n) is 8.09. The van der Waals surface area contributed by atoms with Gasteiger partial charge in [-0.3, -0.25) is 4.79 Å². The molecule has 1 heterocycles. The lowest BCUT2D eigenvalue weighted by Crippen LogP contribution is -2.30. The highest BCUT2D eigenvalue weighted by Gasteiger charge is 2.41. The number of amides is 1. The molecule has 2 aromatic carbocycles. The van der Waals surface area contributed by atoms with E-state index in [0.717, 1.165) is 5.56 Å². The van der Waals surface area contributed by atoms with E-state index in [2.05, 4.69) is 15.9 Å². The van der Waals surface area contributed by atoms with Crippen LogP contribution in [0.5, 0.6) is 0 Å². The molecule has 0 aromatic heterocycles. The molecule has 1 aliphatic rings. The molecular weight excluding hydrogens is 405 g/mol. The molecule has 26 heavy (non-hydrogen) atoms.